The smallest absolute Gasteiger partial charge is 0.324 e. The predicted molar refractivity (Wildman–Crippen MR) is 83.1 cm³/mol. The van der Waals surface area contributed by atoms with Crippen LogP contribution in [0, 0.1) is 0 Å². The molecule has 112 valence electrons. The lowest BCUT2D eigenvalue weighted by Crippen LogP contribution is -2.49. The molecule has 1 fully saturated rings. The van der Waals surface area contributed by atoms with Crippen molar-refractivity contribution in [2.75, 3.05) is 36.0 Å². The van der Waals surface area contributed by atoms with Gasteiger partial charge >= 0.3 is 12.0 Å². The number of hydrogen-bond acceptors (Lipinski definition) is 3. The number of nitrogens with zero attached hydrogens (tertiary/aromatic N) is 2. The molecule has 1 saturated heterocycles. The van der Waals surface area contributed by atoms with Crippen LogP contribution in [0.1, 0.15) is 17.9 Å². The fraction of sp³-hybridized carbons (Fsp3) is 0.467. The number of carbonyl (C=O) groups excluding carboxylic acids is 1. The van der Waals surface area contributed by atoms with Gasteiger partial charge in [0.1, 0.15) is 0 Å². The highest BCUT2D eigenvalue weighted by atomic mass is 32.2. The van der Waals surface area contributed by atoms with E-state index in [1.165, 1.54) is 0 Å². The maximum absolute atomic E-state index is 12.7. The first kappa shape index (κ1) is 14.3. The zero-order valence-electron chi connectivity index (χ0n) is 11.7. The maximum atomic E-state index is 12.7. The van der Waals surface area contributed by atoms with Crippen LogP contribution in [-0.4, -0.2) is 53.1 Å². The van der Waals surface area contributed by atoms with Crippen LogP contribution in [0.3, 0.4) is 0 Å². The van der Waals surface area contributed by atoms with Gasteiger partial charge in [0.25, 0.3) is 0 Å². The second-order valence-corrected chi connectivity index (χ2v) is 6.50. The molecule has 1 aromatic rings. The summed E-state index contributed by atoms with van der Waals surface area (Å²) in [6.07, 6.45) is 0.473. The summed E-state index contributed by atoms with van der Waals surface area (Å²) in [5, 5.41) is 9.34. The van der Waals surface area contributed by atoms with Crippen molar-refractivity contribution in [1.29, 1.82) is 0 Å². The molecular formula is C15H18N2O3S. The van der Waals surface area contributed by atoms with Crippen LogP contribution >= 0.6 is 11.8 Å². The Kier molecular flexibility index (Phi) is 4.05. The molecule has 2 amide bonds. The number of carboxylic acids is 1. The topological polar surface area (TPSA) is 60.9 Å². The van der Waals surface area contributed by atoms with Crippen molar-refractivity contribution in [2.24, 2.45) is 0 Å². The Morgan fingerprint density at radius 2 is 1.86 bits per heavy atom. The maximum Gasteiger partial charge on any atom is 0.324 e. The molecule has 1 atom stereocenters. The van der Waals surface area contributed by atoms with Crippen molar-refractivity contribution in [2.45, 2.75) is 12.3 Å². The van der Waals surface area contributed by atoms with Gasteiger partial charge in [-0.05, 0) is 18.1 Å². The molecule has 1 aromatic carbocycles. The lowest BCUT2D eigenvalue weighted by Gasteiger charge is -2.37. The van der Waals surface area contributed by atoms with E-state index in [1.54, 1.807) is 4.90 Å². The number of fused-ring (bicyclic) bond motifs is 1. The molecule has 0 spiro atoms. The van der Waals surface area contributed by atoms with Gasteiger partial charge < -0.3 is 10.0 Å². The second kappa shape index (κ2) is 5.97. The third-order valence-electron chi connectivity index (χ3n) is 4.05. The summed E-state index contributed by atoms with van der Waals surface area (Å²) in [5.74, 6) is 0.615. The normalized spacial score (nSPS) is 21.8. The molecule has 0 radical (unpaired) electrons. The van der Waals surface area contributed by atoms with Gasteiger partial charge in [0.05, 0.1) is 5.92 Å². The molecule has 2 aliphatic heterocycles. The molecule has 0 aliphatic carbocycles. The number of thioether (sulfide) groups is 1. The number of benzene rings is 1. The molecule has 0 saturated carbocycles. The molecule has 21 heavy (non-hydrogen) atoms. The highest BCUT2D eigenvalue weighted by molar-refractivity contribution is 7.99. The summed E-state index contributed by atoms with van der Waals surface area (Å²) in [7, 11) is 0. The number of amides is 2. The van der Waals surface area contributed by atoms with Crippen molar-refractivity contribution in [3.05, 3.63) is 29.8 Å². The van der Waals surface area contributed by atoms with E-state index in [4.69, 9.17) is 0 Å². The van der Waals surface area contributed by atoms with Crippen molar-refractivity contribution in [3.8, 4) is 0 Å². The Morgan fingerprint density at radius 3 is 2.57 bits per heavy atom. The molecule has 1 N–H and O–H groups in total. The fourth-order valence-corrected chi connectivity index (χ4v) is 3.85. The summed E-state index contributed by atoms with van der Waals surface area (Å²) in [5.41, 5.74) is 1.50. The second-order valence-electron chi connectivity index (χ2n) is 5.27. The van der Waals surface area contributed by atoms with E-state index in [2.05, 4.69) is 0 Å². The van der Waals surface area contributed by atoms with E-state index < -0.39 is 11.9 Å². The van der Waals surface area contributed by atoms with Crippen molar-refractivity contribution in [1.82, 2.24) is 4.90 Å². The van der Waals surface area contributed by atoms with Gasteiger partial charge in [-0.15, -0.1) is 0 Å². The zero-order chi connectivity index (χ0) is 14.8. The summed E-state index contributed by atoms with van der Waals surface area (Å²) < 4.78 is 0. The number of urea groups is 1. The van der Waals surface area contributed by atoms with E-state index >= 15 is 0 Å². The predicted octanol–water partition coefficient (Wildman–Crippen LogP) is 2.23. The number of para-hydroxylation sites is 1. The lowest BCUT2D eigenvalue weighted by molar-refractivity contribution is -0.139. The first-order chi connectivity index (χ1) is 10.2. The molecule has 5 nitrogen and oxygen atoms in total. The third kappa shape index (κ3) is 2.72. The van der Waals surface area contributed by atoms with Crippen LogP contribution in [0.15, 0.2) is 24.3 Å². The van der Waals surface area contributed by atoms with Crippen molar-refractivity contribution < 1.29 is 14.7 Å². The monoisotopic (exact) mass is 306 g/mol. The highest BCUT2D eigenvalue weighted by Gasteiger charge is 2.34. The fourth-order valence-electron chi connectivity index (χ4n) is 2.94. The quantitative estimate of drug-likeness (QED) is 0.864. The van der Waals surface area contributed by atoms with E-state index in [9.17, 15) is 14.7 Å². The van der Waals surface area contributed by atoms with E-state index in [0.717, 1.165) is 35.8 Å². The number of anilines is 1. The van der Waals surface area contributed by atoms with E-state index in [0.29, 0.717) is 13.0 Å². The van der Waals surface area contributed by atoms with Gasteiger partial charge in [-0.2, -0.15) is 11.8 Å². The summed E-state index contributed by atoms with van der Waals surface area (Å²) in [6, 6.07) is 7.36. The number of hydrogen-bond donors (Lipinski definition) is 1. The minimum absolute atomic E-state index is 0.00610. The van der Waals surface area contributed by atoms with Crippen LogP contribution in [0.2, 0.25) is 0 Å². The van der Waals surface area contributed by atoms with Gasteiger partial charge in [-0.3, -0.25) is 9.69 Å². The summed E-state index contributed by atoms with van der Waals surface area (Å²) >= 11 is 1.86. The van der Waals surface area contributed by atoms with Crippen LogP contribution in [0.25, 0.3) is 0 Å². The van der Waals surface area contributed by atoms with Gasteiger partial charge in [0.2, 0.25) is 0 Å². The third-order valence-corrected chi connectivity index (χ3v) is 5.00. The van der Waals surface area contributed by atoms with Gasteiger partial charge in [0.15, 0.2) is 0 Å². The Balaban J connectivity index is 1.88. The molecule has 3 rings (SSSR count). The van der Waals surface area contributed by atoms with Gasteiger partial charge in [0, 0.05) is 36.8 Å². The van der Waals surface area contributed by atoms with Gasteiger partial charge in [-0.25, -0.2) is 4.79 Å². The van der Waals surface area contributed by atoms with E-state index in [1.807, 2.05) is 40.9 Å². The summed E-state index contributed by atoms with van der Waals surface area (Å²) in [4.78, 5) is 27.7. The molecule has 1 unspecified atom stereocenters. The molecule has 0 bridgehead atoms. The molecule has 0 aromatic heterocycles. The zero-order valence-corrected chi connectivity index (χ0v) is 12.5. The van der Waals surface area contributed by atoms with Crippen LogP contribution in [0.5, 0.6) is 0 Å². The molecule has 6 heteroatoms. The number of carboxylic acid groups (broad SMARTS) is 1. The Hall–Kier alpha value is -1.69. The van der Waals surface area contributed by atoms with Crippen molar-refractivity contribution in [3.63, 3.8) is 0 Å². The standard InChI is InChI=1S/C15H18N2O3S/c18-14(19)12-5-6-17(13-4-2-1-3-11(12)13)15(20)16-7-9-21-10-8-16/h1-4,12H,5-10H2,(H,18,19). The molecule has 2 aliphatic rings. The van der Waals surface area contributed by atoms with Crippen LogP contribution < -0.4 is 4.90 Å². The van der Waals surface area contributed by atoms with Gasteiger partial charge in [-0.1, -0.05) is 18.2 Å². The minimum atomic E-state index is -0.816. The Bertz CT molecular complexity index is 558. The average molecular weight is 306 g/mol. The molecular weight excluding hydrogens is 288 g/mol. The number of aliphatic carboxylic acids is 1. The average Bonchev–Trinajstić information content (AvgIpc) is 2.54. The Morgan fingerprint density at radius 1 is 1.14 bits per heavy atom. The minimum Gasteiger partial charge on any atom is -0.481 e. The number of carbonyl (C=O) groups is 2. The van der Waals surface area contributed by atoms with E-state index in [-0.39, 0.29) is 6.03 Å². The van der Waals surface area contributed by atoms with Crippen LogP contribution in [0.4, 0.5) is 10.5 Å². The van der Waals surface area contributed by atoms with Crippen molar-refractivity contribution >= 4 is 29.4 Å². The lowest BCUT2D eigenvalue weighted by atomic mass is 9.90. The molecule has 2 heterocycles. The first-order valence-electron chi connectivity index (χ1n) is 7.14. The van der Waals surface area contributed by atoms with Crippen LogP contribution in [-0.2, 0) is 4.79 Å². The first-order valence-corrected chi connectivity index (χ1v) is 8.30. The number of rotatable bonds is 1. The highest BCUT2D eigenvalue weighted by Crippen LogP contribution is 2.36. The SMILES string of the molecule is O=C(O)C1CCN(C(=O)N2CCSCC2)c2ccccc21. The Labute approximate surface area is 127 Å². The largest absolute Gasteiger partial charge is 0.481 e. The summed E-state index contributed by atoms with van der Waals surface area (Å²) in [6.45, 7) is 2.01.